The number of ketones is 1. The lowest BCUT2D eigenvalue weighted by molar-refractivity contribution is -0.119. The molecule has 0 radical (unpaired) electrons. The molecule has 3 nitrogen and oxygen atoms in total. The van der Waals surface area contributed by atoms with Crippen molar-refractivity contribution in [2.75, 3.05) is 19.8 Å². The smallest absolute Gasteiger partial charge is 0.133 e. The average molecular weight is 234 g/mol. The molecule has 0 atom stereocenters. The van der Waals surface area contributed by atoms with Crippen LogP contribution in [-0.4, -0.2) is 35.5 Å². The SMILES string of the molecule is CC(C)(S)CCC(=O)CCCOCCO. The number of aliphatic hydroxyl groups is 1. The monoisotopic (exact) mass is 234 g/mol. The maximum atomic E-state index is 11.4. The molecule has 15 heavy (non-hydrogen) atoms. The van der Waals surface area contributed by atoms with Crippen LogP contribution < -0.4 is 0 Å². The van der Waals surface area contributed by atoms with E-state index >= 15 is 0 Å². The molecule has 0 bridgehead atoms. The second kappa shape index (κ2) is 8.13. The van der Waals surface area contributed by atoms with Crippen LogP contribution in [0.4, 0.5) is 0 Å². The third-order valence-electron chi connectivity index (χ3n) is 2.00. The van der Waals surface area contributed by atoms with Gasteiger partial charge in [0.25, 0.3) is 0 Å². The number of thiol groups is 1. The Hall–Kier alpha value is -0.0600. The lowest BCUT2D eigenvalue weighted by Crippen LogP contribution is -2.13. The van der Waals surface area contributed by atoms with Crippen LogP contribution in [0.2, 0.25) is 0 Å². The van der Waals surface area contributed by atoms with E-state index in [0.717, 1.165) is 12.8 Å². The van der Waals surface area contributed by atoms with Gasteiger partial charge in [0.2, 0.25) is 0 Å². The van der Waals surface area contributed by atoms with E-state index in [0.29, 0.717) is 26.1 Å². The van der Waals surface area contributed by atoms with Crippen LogP contribution in [0.5, 0.6) is 0 Å². The molecular formula is C11H22O3S. The van der Waals surface area contributed by atoms with Gasteiger partial charge in [0.1, 0.15) is 5.78 Å². The summed E-state index contributed by atoms with van der Waals surface area (Å²) in [5.74, 6) is 0.268. The Balaban J connectivity index is 3.34. The van der Waals surface area contributed by atoms with Gasteiger partial charge in [0.15, 0.2) is 0 Å². The summed E-state index contributed by atoms with van der Waals surface area (Å²) in [6, 6.07) is 0. The normalized spacial score (nSPS) is 11.7. The lowest BCUT2D eigenvalue weighted by atomic mass is 10.0. The quantitative estimate of drug-likeness (QED) is 0.472. The Morgan fingerprint density at radius 2 is 2.00 bits per heavy atom. The molecule has 90 valence electrons. The number of hydrogen-bond donors (Lipinski definition) is 2. The maximum absolute atomic E-state index is 11.4. The Bertz CT molecular complexity index is 175. The zero-order valence-electron chi connectivity index (χ0n) is 9.66. The first-order valence-corrected chi connectivity index (χ1v) is 5.83. The van der Waals surface area contributed by atoms with Gasteiger partial charge in [-0.05, 0) is 12.8 Å². The first-order valence-electron chi connectivity index (χ1n) is 5.38. The number of rotatable bonds is 9. The summed E-state index contributed by atoms with van der Waals surface area (Å²) in [6.07, 6.45) is 2.71. The fourth-order valence-corrected chi connectivity index (χ4v) is 1.22. The van der Waals surface area contributed by atoms with Crippen molar-refractivity contribution < 1.29 is 14.6 Å². The molecule has 0 aliphatic carbocycles. The molecular weight excluding hydrogens is 212 g/mol. The number of Topliss-reactive ketones (excluding diaryl/α,β-unsaturated/α-hetero) is 1. The van der Waals surface area contributed by atoms with Crippen molar-refractivity contribution >= 4 is 18.4 Å². The summed E-state index contributed by atoms with van der Waals surface area (Å²) in [4.78, 5) is 11.4. The van der Waals surface area contributed by atoms with Gasteiger partial charge in [0.05, 0.1) is 13.2 Å². The molecule has 0 aliphatic rings. The Morgan fingerprint density at radius 1 is 1.33 bits per heavy atom. The first kappa shape index (κ1) is 14.9. The molecule has 0 aromatic rings. The molecule has 4 heteroatoms. The van der Waals surface area contributed by atoms with Crippen molar-refractivity contribution in [2.45, 2.75) is 44.3 Å². The number of hydrogen-bond acceptors (Lipinski definition) is 4. The molecule has 0 fully saturated rings. The van der Waals surface area contributed by atoms with Gasteiger partial charge in [-0.25, -0.2) is 0 Å². The molecule has 0 aliphatic heterocycles. The highest BCUT2D eigenvalue weighted by molar-refractivity contribution is 7.81. The van der Waals surface area contributed by atoms with Crippen molar-refractivity contribution in [1.82, 2.24) is 0 Å². The molecule has 0 rings (SSSR count). The molecule has 0 saturated heterocycles. The van der Waals surface area contributed by atoms with Gasteiger partial charge in [0, 0.05) is 24.2 Å². The Morgan fingerprint density at radius 3 is 2.53 bits per heavy atom. The van der Waals surface area contributed by atoms with Crippen molar-refractivity contribution in [3.8, 4) is 0 Å². The van der Waals surface area contributed by atoms with Crippen molar-refractivity contribution in [2.24, 2.45) is 0 Å². The highest BCUT2D eigenvalue weighted by Gasteiger charge is 2.13. The molecule has 0 spiro atoms. The molecule has 0 aromatic heterocycles. The van der Waals surface area contributed by atoms with E-state index in [1.807, 2.05) is 13.8 Å². The lowest BCUT2D eigenvalue weighted by Gasteiger charge is -2.15. The van der Waals surface area contributed by atoms with Crippen LogP contribution in [-0.2, 0) is 9.53 Å². The number of aliphatic hydroxyl groups excluding tert-OH is 1. The minimum Gasteiger partial charge on any atom is -0.394 e. The third-order valence-corrected chi connectivity index (χ3v) is 2.22. The van der Waals surface area contributed by atoms with Crippen LogP contribution in [0, 0.1) is 0 Å². The Labute approximate surface area is 97.6 Å². The van der Waals surface area contributed by atoms with E-state index in [9.17, 15) is 4.79 Å². The van der Waals surface area contributed by atoms with Crippen molar-refractivity contribution in [3.63, 3.8) is 0 Å². The first-order chi connectivity index (χ1) is 6.95. The number of carbonyl (C=O) groups excluding carboxylic acids is 1. The molecule has 0 unspecified atom stereocenters. The van der Waals surface area contributed by atoms with Crippen molar-refractivity contribution in [3.05, 3.63) is 0 Å². The second-order valence-corrected chi connectivity index (χ2v) is 5.50. The highest BCUT2D eigenvalue weighted by Crippen LogP contribution is 2.19. The van der Waals surface area contributed by atoms with Gasteiger partial charge in [-0.1, -0.05) is 13.8 Å². The molecule has 0 amide bonds. The van der Waals surface area contributed by atoms with E-state index in [2.05, 4.69) is 12.6 Å². The largest absolute Gasteiger partial charge is 0.394 e. The zero-order valence-corrected chi connectivity index (χ0v) is 10.6. The minimum atomic E-state index is -0.0664. The van der Waals surface area contributed by atoms with Crippen molar-refractivity contribution in [1.29, 1.82) is 0 Å². The molecule has 0 saturated carbocycles. The van der Waals surface area contributed by atoms with Crippen LogP contribution in [0.25, 0.3) is 0 Å². The number of ether oxygens (including phenoxy) is 1. The summed E-state index contributed by atoms with van der Waals surface area (Å²) in [5.41, 5.74) is 0. The second-order valence-electron chi connectivity index (χ2n) is 4.29. The van der Waals surface area contributed by atoms with Gasteiger partial charge >= 0.3 is 0 Å². The minimum absolute atomic E-state index is 0.0434. The average Bonchev–Trinajstić information content (AvgIpc) is 2.13. The van der Waals surface area contributed by atoms with E-state index in [-0.39, 0.29) is 17.1 Å². The van der Waals surface area contributed by atoms with Crippen LogP contribution >= 0.6 is 12.6 Å². The van der Waals surface area contributed by atoms with E-state index < -0.39 is 0 Å². The topological polar surface area (TPSA) is 46.5 Å². The van der Waals surface area contributed by atoms with Crippen LogP contribution in [0.1, 0.15) is 39.5 Å². The van der Waals surface area contributed by atoms with E-state index in [1.54, 1.807) is 0 Å². The predicted molar refractivity (Wildman–Crippen MR) is 64.4 cm³/mol. The summed E-state index contributed by atoms with van der Waals surface area (Å²) >= 11 is 4.36. The third kappa shape index (κ3) is 11.9. The maximum Gasteiger partial charge on any atom is 0.133 e. The van der Waals surface area contributed by atoms with Gasteiger partial charge in [-0.2, -0.15) is 12.6 Å². The number of carbonyl (C=O) groups is 1. The van der Waals surface area contributed by atoms with Gasteiger partial charge in [-0.15, -0.1) is 0 Å². The summed E-state index contributed by atoms with van der Waals surface area (Å²) < 4.78 is 4.99. The van der Waals surface area contributed by atoms with Crippen LogP contribution in [0.3, 0.4) is 0 Å². The molecule has 1 N–H and O–H groups in total. The fourth-order valence-electron chi connectivity index (χ4n) is 1.11. The molecule has 0 aromatic carbocycles. The predicted octanol–water partition coefficient (Wildman–Crippen LogP) is 1.83. The zero-order chi connectivity index (χ0) is 11.7. The van der Waals surface area contributed by atoms with Gasteiger partial charge < -0.3 is 9.84 Å². The van der Waals surface area contributed by atoms with E-state index in [1.165, 1.54) is 0 Å². The summed E-state index contributed by atoms with van der Waals surface area (Å²) in [5, 5.41) is 8.45. The van der Waals surface area contributed by atoms with E-state index in [4.69, 9.17) is 9.84 Å². The fraction of sp³-hybridized carbons (Fsp3) is 0.909. The van der Waals surface area contributed by atoms with Crippen LogP contribution in [0.15, 0.2) is 0 Å². The van der Waals surface area contributed by atoms with Gasteiger partial charge in [-0.3, -0.25) is 4.79 Å². The molecule has 0 heterocycles. The highest BCUT2D eigenvalue weighted by atomic mass is 32.1. The Kier molecular flexibility index (Phi) is 8.10. The standard InChI is InChI=1S/C11H22O3S/c1-11(2,15)6-5-10(13)4-3-8-14-9-7-12/h12,15H,3-9H2,1-2H3. The summed E-state index contributed by atoms with van der Waals surface area (Å²) in [7, 11) is 0. The summed E-state index contributed by atoms with van der Waals surface area (Å²) in [6.45, 7) is 4.97.